The maximum absolute atomic E-state index is 12.7. The molecule has 1 N–H and O–H groups in total. The van der Waals surface area contributed by atoms with Crippen LogP contribution in [0.4, 0.5) is 0 Å². The molecule has 0 aromatic carbocycles. The topological polar surface area (TPSA) is 99.1 Å². The van der Waals surface area contributed by atoms with E-state index in [0.29, 0.717) is 19.3 Å². The molecule has 0 amide bonds. The Morgan fingerprint density at radius 3 is 1.61 bits per heavy atom. The average molecular weight is 757 g/mol. The van der Waals surface area contributed by atoms with Crippen LogP contribution in [-0.2, 0) is 28.6 Å². The smallest absolute Gasteiger partial charge is 0.362 e. The summed E-state index contributed by atoms with van der Waals surface area (Å²) in [5.41, 5.74) is 0. The number of likely N-dealkylation sites (N-methyl/N-ethyl adjacent to an activating group) is 1. The van der Waals surface area contributed by atoms with Crippen molar-refractivity contribution in [3.8, 4) is 0 Å². The first-order valence-corrected chi connectivity index (χ1v) is 21.0. The molecule has 2 unspecified atom stereocenters. The molecule has 0 saturated carbocycles. The van der Waals surface area contributed by atoms with E-state index in [1.54, 1.807) is 0 Å². The van der Waals surface area contributed by atoms with E-state index in [2.05, 4.69) is 38.2 Å². The second-order valence-electron chi connectivity index (χ2n) is 15.0. The zero-order valence-corrected chi connectivity index (χ0v) is 34.9. The number of aliphatic carboxylic acids is 1. The number of carbonyl (C=O) groups is 3. The summed E-state index contributed by atoms with van der Waals surface area (Å²) in [6.45, 7) is 4.51. The van der Waals surface area contributed by atoms with Crippen LogP contribution in [-0.4, -0.2) is 80.6 Å². The third-order valence-electron chi connectivity index (χ3n) is 8.97. The molecule has 0 rings (SSSR count). The third kappa shape index (κ3) is 34.5. The molecule has 0 radical (unpaired) electrons. The van der Waals surface area contributed by atoms with Crippen molar-refractivity contribution >= 4 is 17.9 Å². The molecular formula is C46H78NO7+. The Hall–Kier alpha value is -3.23. The van der Waals surface area contributed by atoms with Gasteiger partial charge < -0.3 is 23.8 Å². The molecule has 0 fully saturated rings. The third-order valence-corrected chi connectivity index (χ3v) is 8.97. The van der Waals surface area contributed by atoms with Crippen LogP contribution in [0.3, 0.4) is 0 Å². The second kappa shape index (κ2) is 36.7. The van der Waals surface area contributed by atoms with E-state index in [0.717, 1.165) is 51.4 Å². The average Bonchev–Trinajstić information content (AvgIpc) is 3.12. The summed E-state index contributed by atoms with van der Waals surface area (Å²) in [6.07, 6.45) is 45.1. The van der Waals surface area contributed by atoms with E-state index in [-0.39, 0.29) is 36.2 Å². The lowest BCUT2D eigenvalue weighted by Gasteiger charge is -2.31. The Bertz CT molecular complexity index is 1110. The predicted octanol–water partition coefficient (Wildman–Crippen LogP) is 11.2. The molecular weight excluding hydrogens is 679 g/mol. The van der Waals surface area contributed by atoms with Gasteiger partial charge in [-0.3, -0.25) is 9.59 Å². The number of rotatable bonds is 36. The molecule has 0 saturated heterocycles. The lowest BCUT2D eigenvalue weighted by Crippen LogP contribution is -2.50. The van der Waals surface area contributed by atoms with Crippen LogP contribution in [0.1, 0.15) is 149 Å². The Labute approximate surface area is 330 Å². The van der Waals surface area contributed by atoms with Gasteiger partial charge in [-0.2, -0.15) is 0 Å². The quantitative estimate of drug-likeness (QED) is 0.0223. The van der Waals surface area contributed by atoms with Crippen molar-refractivity contribution in [2.75, 3.05) is 41.0 Å². The zero-order chi connectivity index (χ0) is 40.0. The van der Waals surface area contributed by atoms with Crippen LogP contribution in [0.5, 0.6) is 0 Å². The number of carboxylic acid groups (broad SMARTS) is 1. The summed E-state index contributed by atoms with van der Waals surface area (Å²) in [6, 6.07) is -0.625. The maximum Gasteiger partial charge on any atom is 0.362 e. The van der Waals surface area contributed by atoms with Gasteiger partial charge in [0.2, 0.25) is 0 Å². The number of esters is 2. The van der Waals surface area contributed by atoms with Crippen LogP contribution in [0.25, 0.3) is 0 Å². The molecule has 0 aromatic heterocycles. The normalized spacial score (nSPS) is 13.7. The summed E-state index contributed by atoms with van der Waals surface area (Å²) in [5.74, 6) is -1.54. The van der Waals surface area contributed by atoms with Crippen LogP contribution in [0.2, 0.25) is 0 Å². The summed E-state index contributed by atoms with van der Waals surface area (Å²) < 4.78 is 17.2. The largest absolute Gasteiger partial charge is 0.477 e. The van der Waals surface area contributed by atoms with Gasteiger partial charge in [0, 0.05) is 19.3 Å². The Balaban J connectivity index is 4.47. The number of carbonyl (C=O) groups excluding carboxylic acids is 2. The fraction of sp³-hybridized carbons (Fsp3) is 0.674. The Morgan fingerprint density at radius 1 is 0.574 bits per heavy atom. The standard InChI is InChI=1S/C46H77NO7/c1-6-8-10-12-14-16-18-20-22-24-26-28-30-32-34-36-44(48)53-41-42(40-52-39-38-43(46(50)51)47(3,4)5)54-45(49)37-35-33-31-29-27-25-23-21-19-17-15-13-11-9-7-2/h8,10,12,14,16-20,22,24,26,42-43H,6-7,9,11,13,15,21,23,25,27-41H2,1-5H3/p+1/b10-8+,14-12+,18-16+,19-17+,22-20+,26-24+. The van der Waals surface area contributed by atoms with Gasteiger partial charge in [-0.1, -0.05) is 145 Å². The Morgan fingerprint density at radius 2 is 1.06 bits per heavy atom. The molecule has 8 nitrogen and oxygen atoms in total. The fourth-order valence-corrected chi connectivity index (χ4v) is 5.69. The van der Waals surface area contributed by atoms with Crippen LogP contribution < -0.4 is 0 Å². The van der Waals surface area contributed by atoms with Gasteiger partial charge in [-0.25, -0.2) is 4.79 Å². The number of allylic oxidation sites excluding steroid dienone is 12. The molecule has 0 aliphatic carbocycles. The van der Waals surface area contributed by atoms with E-state index >= 15 is 0 Å². The highest BCUT2D eigenvalue weighted by molar-refractivity contribution is 5.72. The molecule has 2 atom stereocenters. The van der Waals surface area contributed by atoms with Crippen molar-refractivity contribution in [1.29, 1.82) is 0 Å². The van der Waals surface area contributed by atoms with Gasteiger partial charge in [0.1, 0.15) is 6.61 Å². The number of hydrogen-bond acceptors (Lipinski definition) is 6. The minimum absolute atomic E-state index is 0.0418. The van der Waals surface area contributed by atoms with E-state index < -0.39 is 18.1 Å². The molecule has 0 aliphatic rings. The van der Waals surface area contributed by atoms with Gasteiger partial charge in [-0.15, -0.1) is 0 Å². The van der Waals surface area contributed by atoms with Crippen molar-refractivity contribution in [3.63, 3.8) is 0 Å². The summed E-state index contributed by atoms with van der Waals surface area (Å²) >= 11 is 0. The van der Waals surface area contributed by atoms with Crippen LogP contribution in [0, 0.1) is 0 Å². The van der Waals surface area contributed by atoms with Crippen molar-refractivity contribution in [1.82, 2.24) is 0 Å². The van der Waals surface area contributed by atoms with E-state index in [4.69, 9.17) is 14.2 Å². The van der Waals surface area contributed by atoms with Crippen molar-refractivity contribution in [2.45, 2.75) is 161 Å². The maximum atomic E-state index is 12.7. The molecule has 0 aliphatic heterocycles. The highest BCUT2D eigenvalue weighted by atomic mass is 16.6. The van der Waals surface area contributed by atoms with Gasteiger partial charge in [0.25, 0.3) is 0 Å². The Kier molecular flexibility index (Phi) is 34.5. The molecule has 308 valence electrons. The lowest BCUT2D eigenvalue weighted by atomic mass is 10.1. The van der Waals surface area contributed by atoms with Crippen molar-refractivity contribution in [2.24, 2.45) is 0 Å². The first-order chi connectivity index (χ1) is 26.1. The van der Waals surface area contributed by atoms with E-state index in [9.17, 15) is 19.5 Å². The first-order valence-electron chi connectivity index (χ1n) is 21.0. The highest BCUT2D eigenvalue weighted by Crippen LogP contribution is 2.13. The molecule has 0 heterocycles. The monoisotopic (exact) mass is 757 g/mol. The van der Waals surface area contributed by atoms with Crippen molar-refractivity contribution < 1.29 is 38.2 Å². The lowest BCUT2D eigenvalue weighted by molar-refractivity contribution is -0.887. The van der Waals surface area contributed by atoms with Gasteiger partial charge >= 0.3 is 17.9 Å². The summed E-state index contributed by atoms with van der Waals surface area (Å²) in [4.78, 5) is 36.9. The van der Waals surface area contributed by atoms with E-state index in [1.165, 1.54) is 64.2 Å². The second-order valence-corrected chi connectivity index (χ2v) is 15.0. The molecule has 0 spiro atoms. The van der Waals surface area contributed by atoms with Gasteiger partial charge in [0.15, 0.2) is 12.1 Å². The minimum atomic E-state index is -0.885. The first kappa shape index (κ1) is 50.8. The van der Waals surface area contributed by atoms with Crippen LogP contribution >= 0.6 is 0 Å². The SMILES string of the molecule is CC/C=C/C=C/C=C/C=C/C=C/CCCCCC(=O)OCC(COCCC(C(=O)O)[N+](C)(C)C)OC(=O)CCCCCCCCC/C=C/CCCCCC. The van der Waals surface area contributed by atoms with Gasteiger partial charge in [0.05, 0.1) is 34.4 Å². The number of unbranched alkanes of at least 4 members (excludes halogenated alkanes) is 14. The summed E-state index contributed by atoms with van der Waals surface area (Å²) in [5, 5.41) is 9.61. The molecule has 54 heavy (non-hydrogen) atoms. The molecule has 0 bridgehead atoms. The molecule has 8 heteroatoms. The van der Waals surface area contributed by atoms with Crippen LogP contribution in [0.15, 0.2) is 72.9 Å². The number of ether oxygens (including phenoxy) is 3. The minimum Gasteiger partial charge on any atom is -0.477 e. The van der Waals surface area contributed by atoms with Crippen molar-refractivity contribution in [3.05, 3.63) is 72.9 Å². The summed E-state index contributed by atoms with van der Waals surface area (Å²) in [7, 11) is 5.50. The zero-order valence-electron chi connectivity index (χ0n) is 34.9. The predicted molar refractivity (Wildman–Crippen MR) is 224 cm³/mol. The van der Waals surface area contributed by atoms with E-state index in [1.807, 2.05) is 69.8 Å². The number of carboxylic acids is 1. The number of quaternary nitrogens is 1. The fourth-order valence-electron chi connectivity index (χ4n) is 5.69. The molecule has 0 aromatic rings. The number of nitrogens with zero attached hydrogens (tertiary/aromatic N) is 1. The van der Waals surface area contributed by atoms with Gasteiger partial charge in [-0.05, 0) is 57.8 Å². The number of hydrogen-bond donors (Lipinski definition) is 1. The highest BCUT2D eigenvalue weighted by Gasteiger charge is 2.31.